The second kappa shape index (κ2) is 8.25. The molecule has 0 aliphatic heterocycles. The Labute approximate surface area is 97.9 Å². The molecule has 3 nitrogen and oxygen atoms in total. The average molecular weight is 222 g/mol. The molecule has 1 aromatic rings. The van der Waals surface area contributed by atoms with Crippen molar-refractivity contribution < 1.29 is 5.11 Å². The van der Waals surface area contributed by atoms with Gasteiger partial charge >= 0.3 is 0 Å². The van der Waals surface area contributed by atoms with Gasteiger partial charge in [0.1, 0.15) is 0 Å². The molecule has 16 heavy (non-hydrogen) atoms. The monoisotopic (exact) mass is 222 g/mol. The topological polar surface area (TPSA) is 45.1 Å². The first kappa shape index (κ1) is 13.1. The fourth-order valence-corrected chi connectivity index (χ4v) is 1.85. The summed E-state index contributed by atoms with van der Waals surface area (Å²) in [4.78, 5) is 4.26. The summed E-state index contributed by atoms with van der Waals surface area (Å²) in [6.45, 7) is 4.25. The Morgan fingerprint density at radius 1 is 1.38 bits per heavy atom. The number of aliphatic hydroxyl groups excluding tert-OH is 1. The first-order chi connectivity index (χ1) is 7.86. The highest BCUT2D eigenvalue weighted by Gasteiger charge is 2.06. The van der Waals surface area contributed by atoms with Crippen molar-refractivity contribution in [2.45, 2.75) is 32.7 Å². The van der Waals surface area contributed by atoms with E-state index in [0.717, 1.165) is 25.2 Å². The Morgan fingerprint density at radius 3 is 2.88 bits per heavy atom. The van der Waals surface area contributed by atoms with E-state index in [1.54, 1.807) is 0 Å². The van der Waals surface area contributed by atoms with Gasteiger partial charge in [0.05, 0.1) is 5.69 Å². The van der Waals surface area contributed by atoms with E-state index < -0.39 is 0 Å². The number of nitrogens with one attached hydrogen (secondary N) is 1. The summed E-state index contributed by atoms with van der Waals surface area (Å²) in [7, 11) is 0. The maximum atomic E-state index is 8.94. The van der Waals surface area contributed by atoms with Crippen LogP contribution in [0.25, 0.3) is 0 Å². The van der Waals surface area contributed by atoms with Crippen LogP contribution in [0.4, 0.5) is 0 Å². The fourth-order valence-electron chi connectivity index (χ4n) is 1.85. The predicted octanol–water partition coefficient (Wildman–Crippen LogP) is 1.97. The molecule has 3 heteroatoms. The molecule has 0 saturated heterocycles. The van der Waals surface area contributed by atoms with Crippen LogP contribution in [0, 0.1) is 5.92 Å². The van der Waals surface area contributed by atoms with Gasteiger partial charge in [0.2, 0.25) is 0 Å². The second-order valence-corrected chi connectivity index (χ2v) is 4.12. The van der Waals surface area contributed by atoms with Crippen molar-refractivity contribution in [1.82, 2.24) is 10.3 Å². The van der Waals surface area contributed by atoms with Crippen LogP contribution in [0.2, 0.25) is 0 Å². The first-order valence-electron chi connectivity index (χ1n) is 6.08. The molecule has 1 heterocycles. The SMILES string of the molecule is CCCC(CCO)CNCc1ccccn1. The summed E-state index contributed by atoms with van der Waals surface area (Å²) >= 11 is 0. The van der Waals surface area contributed by atoms with Crippen LogP contribution in [-0.2, 0) is 6.54 Å². The first-order valence-corrected chi connectivity index (χ1v) is 6.08. The maximum Gasteiger partial charge on any atom is 0.0541 e. The smallest absolute Gasteiger partial charge is 0.0541 e. The van der Waals surface area contributed by atoms with Crippen molar-refractivity contribution in [3.63, 3.8) is 0 Å². The molecule has 0 amide bonds. The Morgan fingerprint density at radius 2 is 2.25 bits per heavy atom. The molecule has 0 aromatic carbocycles. The van der Waals surface area contributed by atoms with Crippen LogP contribution in [0.3, 0.4) is 0 Å². The summed E-state index contributed by atoms with van der Waals surface area (Å²) in [5, 5.41) is 12.3. The van der Waals surface area contributed by atoms with Gasteiger partial charge in [-0.15, -0.1) is 0 Å². The Bertz CT molecular complexity index is 258. The lowest BCUT2D eigenvalue weighted by Crippen LogP contribution is -2.23. The van der Waals surface area contributed by atoms with Gasteiger partial charge in [0.15, 0.2) is 0 Å². The van der Waals surface area contributed by atoms with Crippen LogP contribution >= 0.6 is 0 Å². The Balaban J connectivity index is 2.22. The van der Waals surface area contributed by atoms with Gasteiger partial charge in [-0.1, -0.05) is 19.4 Å². The van der Waals surface area contributed by atoms with E-state index in [0.29, 0.717) is 5.92 Å². The lowest BCUT2D eigenvalue weighted by atomic mass is 10.0. The molecule has 0 radical (unpaired) electrons. The van der Waals surface area contributed by atoms with Gasteiger partial charge in [-0.3, -0.25) is 4.98 Å². The zero-order valence-corrected chi connectivity index (χ0v) is 10.0. The lowest BCUT2D eigenvalue weighted by Gasteiger charge is -2.15. The van der Waals surface area contributed by atoms with Gasteiger partial charge in [-0.05, 0) is 37.4 Å². The van der Waals surface area contributed by atoms with Gasteiger partial charge in [0, 0.05) is 19.3 Å². The average Bonchev–Trinajstić information content (AvgIpc) is 2.31. The van der Waals surface area contributed by atoms with Crippen LogP contribution in [0.1, 0.15) is 31.9 Å². The lowest BCUT2D eigenvalue weighted by molar-refractivity contribution is 0.248. The number of aliphatic hydroxyl groups is 1. The molecule has 0 saturated carbocycles. The molecule has 2 N–H and O–H groups in total. The van der Waals surface area contributed by atoms with E-state index in [-0.39, 0.29) is 6.61 Å². The minimum atomic E-state index is 0.288. The van der Waals surface area contributed by atoms with Crippen molar-refractivity contribution >= 4 is 0 Å². The van der Waals surface area contributed by atoms with Crippen molar-refractivity contribution in [2.75, 3.05) is 13.2 Å². The maximum absolute atomic E-state index is 8.94. The van der Waals surface area contributed by atoms with Crippen LogP contribution in [0.5, 0.6) is 0 Å². The van der Waals surface area contributed by atoms with Crippen molar-refractivity contribution in [3.05, 3.63) is 30.1 Å². The predicted molar refractivity (Wildman–Crippen MR) is 66.0 cm³/mol. The largest absolute Gasteiger partial charge is 0.396 e. The molecule has 0 aliphatic carbocycles. The number of hydrogen-bond donors (Lipinski definition) is 2. The van der Waals surface area contributed by atoms with E-state index in [1.165, 1.54) is 12.8 Å². The number of nitrogens with zero attached hydrogens (tertiary/aromatic N) is 1. The standard InChI is InChI=1S/C13H22N2O/c1-2-5-12(7-9-16)10-14-11-13-6-3-4-8-15-13/h3-4,6,8,12,14,16H,2,5,7,9-11H2,1H3. The van der Waals surface area contributed by atoms with Crippen LogP contribution in [0.15, 0.2) is 24.4 Å². The number of pyridine rings is 1. The summed E-state index contributed by atoms with van der Waals surface area (Å²) in [5.74, 6) is 0.582. The molecule has 0 aliphatic rings. The molecule has 0 bridgehead atoms. The van der Waals surface area contributed by atoms with Crippen molar-refractivity contribution in [1.29, 1.82) is 0 Å². The third kappa shape index (κ3) is 5.24. The molecule has 90 valence electrons. The molecule has 0 fully saturated rings. The van der Waals surface area contributed by atoms with Gasteiger partial charge in [-0.25, -0.2) is 0 Å². The van der Waals surface area contributed by atoms with Gasteiger partial charge in [-0.2, -0.15) is 0 Å². The summed E-state index contributed by atoms with van der Waals surface area (Å²) in [5.41, 5.74) is 1.07. The molecule has 1 atom stereocenters. The molecule has 1 rings (SSSR count). The molecular formula is C13H22N2O. The van der Waals surface area contributed by atoms with E-state index in [2.05, 4.69) is 17.2 Å². The molecule has 0 spiro atoms. The zero-order chi connectivity index (χ0) is 11.6. The zero-order valence-electron chi connectivity index (χ0n) is 10.0. The third-order valence-electron chi connectivity index (χ3n) is 2.70. The normalized spacial score (nSPS) is 12.6. The van der Waals surface area contributed by atoms with Crippen LogP contribution in [-0.4, -0.2) is 23.2 Å². The quantitative estimate of drug-likeness (QED) is 0.707. The van der Waals surface area contributed by atoms with E-state index in [9.17, 15) is 0 Å². The highest BCUT2D eigenvalue weighted by molar-refractivity contribution is 5.02. The van der Waals surface area contributed by atoms with E-state index >= 15 is 0 Å². The fraction of sp³-hybridized carbons (Fsp3) is 0.615. The summed E-state index contributed by atoms with van der Waals surface area (Å²) < 4.78 is 0. The van der Waals surface area contributed by atoms with Crippen molar-refractivity contribution in [2.24, 2.45) is 5.92 Å². The van der Waals surface area contributed by atoms with Crippen molar-refractivity contribution in [3.8, 4) is 0 Å². The summed E-state index contributed by atoms with van der Waals surface area (Å²) in [6, 6.07) is 5.95. The molecular weight excluding hydrogens is 200 g/mol. The molecule has 1 unspecified atom stereocenters. The highest BCUT2D eigenvalue weighted by Crippen LogP contribution is 2.09. The van der Waals surface area contributed by atoms with Crippen LogP contribution < -0.4 is 5.32 Å². The minimum absolute atomic E-state index is 0.288. The van der Waals surface area contributed by atoms with Gasteiger partial charge in [0.25, 0.3) is 0 Å². The van der Waals surface area contributed by atoms with E-state index in [4.69, 9.17) is 5.11 Å². The Kier molecular flexibility index (Phi) is 6.77. The Hall–Kier alpha value is -0.930. The molecule has 1 aromatic heterocycles. The number of aromatic nitrogens is 1. The minimum Gasteiger partial charge on any atom is -0.396 e. The van der Waals surface area contributed by atoms with Gasteiger partial charge < -0.3 is 10.4 Å². The summed E-state index contributed by atoms with van der Waals surface area (Å²) in [6.07, 6.45) is 5.06. The number of rotatable bonds is 8. The highest BCUT2D eigenvalue weighted by atomic mass is 16.3. The van der Waals surface area contributed by atoms with E-state index in [1.807, 2.05) is 24.4 Å². The number of hydrogen-bond acceptors (Lipinski definition) is 3. The third-order valence-corrected chi connectivity index (χ3v) is 2.70. The second-order valence-electron chi connectivity index (χ2n) is 4.12.